The Balaban J connectivity index is 1.54. The van der Waals surface area contributed by atoms with E-state index >= 15 is 0 Å². The molecule has 0 N–H and O–H groups in total. The van der Waals surface area contributed by atoms with E-state index in [-0.39, 0.29) is 6.04 Å². The van der Waals surface area contributed by atoms with Gasteiger partial charge in [-0.05, 0) is 60.2 Å². The molecule has 3 heterocycles. The quantitative estimate of drug-likeness (QED) is 0.295. The molecule has 0 aliphatic rings. The first kappa shape index (κ1) is 19.5. The van der Waals surface area contributed by atoms with Crippen LogP contribution in [0.1, 0.15) is 1.37 Å². The third-order valence-corrected chi connectivity index (χ3v) is 8.54. The molecule has 5 heteroatoms. The third kappa shape index (κ3) is 3.35. The molecule has 0 fully saturated rings. The Morgan fingerprint density at radius 3 is 2.35 bits per heavy atom. The first-order valence-electron chi connectivity index (χ1n) is 11.6. The van der Waals surface area contributed by atoms with E-state index in [1.807, 2.05) is 48.5 Å². The Hall–Kier alpha value is -4.01. The Bertz CT molecular complexity index is 1760. The second-order valence-electron chi connectivity index (χ2n) is 8.35. The lowest BCUT2D eigenvalue weighted by atomic mass is 10.0. The van der Waals surface area contributed by atoms with Crippen molar-refractivity contribution in [1.29, 1.82) is 0 Å². The van der Waals surface area contributed by atoms with Crippen LogP contribution in [0, 0.1) is 0 Å². The van der Waals surface area contributed by atoms with E-state index in [0.717, 1.165) is 33.4 Å². The van der Waals surface area contributed by atoms with E-state index in [1.54, 1.807) is 31.2 Å². The van der Waals surface area contributed by atoms with Crippen molar-refractivity contribution in [1.82, 2.24) is 14.5 Å². The van der Waals surface area contributed by atoms with E-state index in [9.17, 15) is 4.57 Å². The van der Waals surface area contributed by atoms with Gasteiger partial charge in [0.2, 0.25) is 0 Å². The summed E-state index contributed by atoms with van der Waals surface area (Å²) >= 11 is 0. The van der Waals surface area contributed by atoms with Gasteiger partial charge in [0.05, 0.1) is 12.4 Å². The molecule has 0 aliphatic heterocycles. The molecule has 0 amide bonds. The van der Waals surface area contributed by atoms with Crippen LogP contribution in [0.3, 0.4) is 0 Å². The molecular weight excluding hydrogens is 437 g/mol. The van der Waals surface area contributed by atoms with E-state index < -0.39 is 7.14 Å². The van der Waals surface area contributed by atoms with Crippen LogP contribution in [0.15, 0.2) is 115 Å². The standard InChI is InChI=1S/C29H22N3OP/c1-34(33,29-14-5-7-18-31-29)23-10-8-9-21(19-23)22-15-16-25-24-11-2-3-12-26(24)32(27(25)20-22)28-13-4-6-17-30-28/h2-20H,1H3/i14D. The van der Waals surface area contributed by atoms with E-state index in [0.29, 0.717) is 10.7 Å². The predicted octanol–water partition coefficient (Wildman–Crippen LogP) is 6.18. The first-order chi connectivity index (χ1) is 17.0. The van der Waals surface area contributed by atoms with E-state index in [2.05, 4.69) is 50.9 Å². The highest BCUT2D eigenvalue weighted by Gasteiger charge is 2.23. The van der Waals surface area contributed by atoms with Crippen LogP contribution in [0.2, 0.25) is 0 Å². The van der Waals surface area contributed by atoms with Crippen molar-refractivity contribution in [2.45, 2.75) is 0 Å². The van der Waals surface area contributed by atoms with E-state index in [4.69, 9.17) is 1.37 Å². The van der Waals surface area contributed by atoms with Gasteiger partial charge in [0.1, 0.15) is 11.3 Å². The molecule has 4 nitrogen and oxygen atoms in total. The lowest BCUT2D eigenvalue weighted by Gasteiger charge is -2.14. The molecule has 3 aromatic carbocycles. The van der Waals surface area contributed by atoms with Gasteiger partial charge in [-0.25, -0.2) is 4.98 Å². The van der Waals surface area contributed by atoms with Crippen molar-refractivity contribution >= 4 is 39.7 Å². The topological polar surface area (TPSA) is 47.8 Å². The van der Waals surface area contributed by atoms with Crippen LogP contribution < -0.4 is 10.7 Å². The first-order valence-corrected chi connectivity index (χ1v) is 13.2. The maximum absolute atomic E-state index is 13.8. The molecule has 3 aromatic heterocycles. The minimum Gasteiger partial charge on any atom is -0.312 e. The van der Waals surface area contributed by atoms with Gasteiger partial charge in [0, 0.05) is 28.5 Å². The summed E-state index contributed by atoms with van der Waals surface area (Å²) < 4.78 is 24.2. The largest absolute Gasteiger partial charge is 0.312 e. The number of aromatic nitrogens is 3. The molecule has 0 radical (unpaired) electrons. The summed E-state index contributed by atoms with van der Waals surface area (Å²) in [5.41, 5.74) is 4.48. The van der Waals surface area contributed by atoms with Crippen molar-refractivity contribution in [2.75, 3.05) is 6.66 Å². The maximum Gasteiger partial charge on any atom is 0.157 e. The number of nitrogens with zero attached hydrogens (tertiary/aromatic N) is 3. The summed E-state index contributed by atoms with van der Waals surface area (Å²) in [5, 5.41) is 3.01. The molecule has 6 rings (SSSR count). The molecule has 0 bridgehead atoms. The van der Waals surface area contributed by atoms with Crippen LogP contribution >= 0.6 is 7.14 Å². The SMILES string of the molecule is [2H]c1cccnc1P(C)(=O)c1cccc(-c2ccc3c4ccccc4n(-c4ccccn4)c3c2)c1. The Labute approximate surface area is 199 Å². The second kappa shape index (κ2) is 8.09. The summed E-state index contributed by atoms with van der Waals surface area (Å²) in [6.45, 7) is 1.69. The molecule has 1 unspecified atom stereocenters. The number of fused-ring (bicyclic) bond motifs is 3. The highest BCUT2D eigenvalue weighted by molar-refractivity contribution is 7.77. The molecule has 164 valence electrons. The van der Waals surface area contributed by atoms with Crippen LogP contribution in [-0.4, -0.2) is 21.2 Å². The fourth-order valence-corrected chi connectivity index (χ4v) is 6.11. The maximum atomic E-state index is 13.8. The van der Waals surface area contributed by atoms with Gasteiger partial charge in [0.25, 0.3) is 0 Å². The third-order valence-electron chi connectivity index (χ3n) is 6.22. The Kier molecular flexibility index (Phi) is 4.63. The zero-order chi connectivity index (χ0) is 24.0. The average molecular weight is 460 g/mol. The highest BCUT2D eigenvalue weighted by Crippen LogP contribution is 2.39. The Morgan fingerprint density at radius 2 is 1.50 bits per heavy atom. The molecular formula is C29H22N3OP. The van der Waals surface area contributed by atoms with Crippen LogP contribution in [0.25, 0.3) is 38.8 Å². The van der Waals surface area contributed by atoms with Crippen LogP contribution in [0.5, 0.6) is 0 Å². The van der Waals surface area contributed by atoms with Gasteiger partial charge in [-0.1, -0.05) is 60.7 Å². The fraction of sp³-hybridized carbons (Fsp3) is 0.0345. The molecule has 0 spiro atoms. The van der Waals surface area contributed by atoms with Crippen LogP contribution in [-0.2, 0) is 4.57 Å². The normalized spacial score (nSPS) is 13.6. The van der Waals surface area contributed by atoms with Crippen molar-refractivity contribution in [3.63, 3.8) is 0 Å². The molecule has 0 saturated heterocycles. The fourth-order valence-electron chi connectivity index (χ4n) is 4.51. The summed E-state index contributed by atoms with van der Waals surface area (Å²) in [5.74, 6) is 0.862. The molecule has 0 aliphatic carbocycles. The Morgan fingerprint density at radius 1 is 0.735 bits per heavy atom. The number of hydrogen-bond acceptors (Lipinski definition) is 3. The van der Waals surface area contributed by atoms with Crippen molar-refractivity contribution < 1.29 is 5.94 Å². The van der Waals surface area contributed by atoms with Gasteiger partial charge in [0.15, 0.2) is 7.14 Å². The predicted molar refractivity (Wildman–Crippen MR) is 141 cm³/mol. The molecule has 6 aromatic rings. The summed E-state index contributed by atoms with van der Waals surface area (Å²) in [6, 6.07) is 32.0. The highest BCUT2D eigenvalue weighted by atomic mass is 31.2. The number of para-hydroxylation sites is 1. The zero-order valence-corrected chi connectivity index (χ0v) is 19.5. The van der Waals surface area contributed by atoms with Crippen molar-refractivity contribution in [3.05, 3.63) is 115 Å². The van der Waals surface area contributed by atoms with Crippen molar-refractivity contribution in [3.8, 4) is 16.9 Å². The summed E-state index contributed by atoms with van der Waals surface area (Å²) in [6.07, 6.45) is 3.40. The monoisotopic (exact) mass is 460 g/mol. The number of benzene rings is 3. The number of hydrogen-bond donors (Lipinski definition) is 0. The lowest BCUT2D eigenvalue weighted by Crippen LogP contribution is -2.17. The smallest absolute Gasteiger partial charge is 0.157 e. The molecule has 34 heavy (non-hydrogen) atoms. The van der Waals surface area contributed by atoms with Gasteiger partial charge in [-0.15, -0.1) is 0 Å². The summed E-state index contributed by atoms with van der Waals surface area (Å²) in [7, 11) is -3.02. The van der Waals surface area contributed by atoms with Gasteiger partial charge >= 0.3 is 0 Å². The minimum atomic E-state index is -3.02. The van der Waals surface area contributed by atoms with Crippen LogP contribution in [0.4, 0.5) is 0 Å². The average Bonchev–Trinajstić information content (AvgIpc) is 3.23. The molecule has 1 atom stereocenters. The van der Waals surface area contributed by atoms with E-state index in [1.165, 1.54) is 5.39 Å². The number of rotatable bonds is 4. The van der Waals surface area contributed by atoms with Gasteiger partial charge < -0.3 is 4.57 Å². The number of pyridine rings is 2. The minimum absolute atomic E-state index is 0.199. The second-order valence-corrected chi connectivity index (χ2v) is 11.1. The zero-order valence-electron chi connectivity index (χ0n) is 19.6. The van der Waals surface area contributed by atoms with Gasteiger partial charge in [-0.3, -0.25) is 9.55 Å². The van der Waals surface area contributed by atoms with Crippen molar-refractivity contribution in [2.24, 2.45) is 0 Å². The molecule has 0 saturated carbocycles. The van der Waals surface area contributed by atoms with Gasteiger partial charge in [-0.2, -0.15) is 0 Å². The lowest BCUT2D eigenvalue weighted by molar-refractivity contribution is 0.590. The summed E-state index contributed by atoms with van der Waals surface area (Å²) in [4.78, 5) is 8.89.